The minimum atomic E-state index is -2.24. The van der Waals surface area contributed by atoms with Gasteiger partial charge in [0.2, 0.25) is 0 Å². The number of allylic oxidation sites excluding steroid dienone is 10. The average molecular weight is 651 g/mol. The Labute approximate surface area is 297 Å². The molecule has 3 nitrogen and oxygen atoms in total. The molecule has 0 unspecified atom stereocenters. The number of rotatable bonds is 6. The molecule has 50 heavy (non-hydrogen) atoms. The molecule has 0 aromatic heterocycles. The molecule has 7 rings (SSSR count). The molecule has 4 heteroatoms. The van der Waals surface area contributed by atoms with Crippen LogP contribution in [0.2, 0.25) is 0 Å². The highest BCUT2D eigenvalue weighted by atomic mass is 16.6. The molecule has 0 saturated heterocycles. The van der Waals surface area contributed by atoms with Crippen LogP contribution in [0, 0.1) is 26.7 Å². The van der Waals surface area contributed by atoms with Crippen LogP contribution in [0.5, 0.6) is 5.75 Å². The summed E-state index contributed by atoms with van der Waals surface area (Å²) in [6.45, 7) is 3.76. The molecule has 244 valence electrons. The number of hydrogen-bond acceptors (Lipinski definition) is 3. The SMILES string of the molecule is C1=C[CH+]C(=C(c2ccccc2)c2ccccc2)C=C1.C1=C[CH+]C(=C(c2ccccc2)c2ccccc2)C=C1.Cc1cc(C)cc(OB([O-])[O-])c1. The van der Waals surface area contributed by atoms with Gasteiger partial charge in [-0.3, -0.25) is 0 Å². The fraction of sp³-hybridized carbons (Fsp3) is 0.0435. The minimum absolute atomic E-state index is 0.350. The summed E-state index contributed by atoms with van der Waals surface area (Å²) in [6, 6.07) is 47.5. The second-order valence-corrected chi connectivity index (χ2v) is 11.7. The molecule has 0 atom stereocenters. The summed E-state index contributed by atoms with van der Waals surface area (Å²) in [7, 11) is -2.24. The van der Waals surface area contributed by atoms with E-state index in [0.29, 0.717) is 5.75 Å². The summed E-state index contributed by atoms with van der Waals surface area (Å²) in [6.07, 6.45) is 21.1. The van der Waals surface area contributed by atoms with Crippen LogP contribution in [0.4, 0.5) is 0 Å². The van der Waals surface area contributed by atoms with Gasteiger partial charge < -0.3 is 14.7 Å². The Morgan fingerprint density at radius 3 is 1.10 bits per heavy atom. The summed E-state index contributed by atoms with van der Waals surface area (Å²) in [5, 5.41) is 20.3. The van der Waals surface area contributed by atoms with Crippen molar-refractivity contribution < 1.29 is 14.7 Å². The molecular weight excluding hydrogens is 611 g/mol. The Morgan fingerprint density at radius 2 is 0.820 bits per heavy atom. The number of aryl methyl sites for hydroxylation is 2. The van der Waals surface area contributed by atoms with Gasteiger partial charge in [-0.25, -0.2) is 0 Å². The van der Waals surface area contributed by atoms with Crippen LogP contribution in [0.3, 0.4) is 0 Å². The zero-order chi connectivity index (χ0) is 35.0. The molecule has 0 heterocycles. The van der Waals surface area contributed by atoms with Crippen molar-refractivity contribution in [3.63, 3.8) is 0 Å². The van der Waals surface area contributed by atoms with Gasteiger partial charge in [-0.1, -0.05) is 78.9 Å². The van der Waals surface area contributed by atoms with Crippen molar-refractivity contribution in [2.75, 3.05) is 0 Å². The van der Waals surface area contributed by atoms with Gasteiger partial charge in [0.15, 0.2) is 0 Å². The van der Waals surface area contributed by atoms with Gasteiger partial charge in [0.05, 0.1) is 16.9 Å². The van der Waals surface area contributed by atoms with Crippen LogP contribution in [-0.4, -0.2) is 7.32 Å². The first-order valence-electron chi connectivity index (χ1n) is 16.6. The molecule has 5 aromatic carbocycles. The molecule has 2 aliphatic rings. The molecule has 0 bridgehead atoms. The minimum Gasteiger partial charge on any atom is -0.860 e. The lowest BCUT2D eigenvalue weighted by atomic mass is 9.90. The highest BCUT2D eigenvalue weighted by molar-refractivity contribution is 6.29. The lowest BCUT2D eigenvalue weighted by Crippen LogP contribution is -2.50. The Kier molecular flexibility index (Phi) is 13.1. The third-order valence-corrected chi connectivity index (χ3v) is 7.80. The molecule has 2 aliphatic carbocycles. The average Bonchev–Trinajstić information content (AvgIpc) is 3.15. The Morgan fingerprint density at radius 1 is 0.480 bits per heavy atom. The predicted octanol–water partition coefficient (Wildman–Crippen LogP) is 9.03. The first-order chi connectivity index (χ1) is 24.5. The van der Waals surface area contributed by atoms with Crippen LogP contribution in [0.15, 0.2) is 199 Å². The maximum absolute atomic E-state index is 10.1. The number of hydrogen-bond donors (Lipinski definition) is 0. The van der Waals surface area contributed by atoms with Crippen molar-refractivity contribution in [2.24, 2.45) is 0 Å². The molecule has 0 spiro atoms. The third kappa shape index (κ3) is 10.5. The lowest BCUT2D eigenvalue weighted by Gasteiger charge is -2.26. The van der Waals surface area contributed by atoms with Crippen molar-refractivity contribution in [1.29, 1.82) is 0 Å². The van der Waals surface area contributed by atoms with E-state index in [-0.39, 0.29) is 0 Å². The first-order valence-corrected chi connectivity index (χ1v) is 16.6. The Balaban J connectivity index is 0.000000150. The molecule has 0 radical (unpaired) electrons. The van der Waals surface area contributed by atoms with E-state index in [9.17, 15) is 10.0 Å². The Bertz CT molecular complexity index is 1760. The van der Waals surface area contributed by atoms with Crippen molar-refractivity contribution in [1.82, 2.24) is 0 Å². The molecule has 0 fully saturated rings. The zero-order valence-electron chi connectivity index (χ0n) is 28.4. The molecule has 0 aliphatic heterocycles. The van der Waals surface area contributed by atoms with Crippen molar-refractivity contribution >= 4 is 18.5 Å². The van der Waals surface area contributed by atoms with Crippen LogP contribution in [-0.2, 0) is 0 Å². The summed E-state index contributed by atoms with van der Waals surface area (Å²) in [5.74, 6) is 0.350. The Hall–Kier alpha value is -5.94. The summed E-state index contributed by atoms with van der Waals surface area (Å²) in [4.78, 5) is 0. The van der Waals surface area contributed by atoms with E-state index in [2.05, 4.69) is 187 Å². The maximum Gasteiger partial charge on any atom is 0.133 e. The normalized spacial score (nSPS) is 12.3. The second-order valence-electron chi connectivity index (χ2n) is 11.7. The summed E-state index contributed by atoms with van der Waals surface area (Å²) < 4.78 is 4.46. The van der Waals surface area contributed by atoms with E-state index < -0.39 is 7.32 Å². The van der Waals surface area contributed by atoms with Crippen LogP contribution in [0.1, 0.15) is 33.4 Å². The quantitative estimate of drug-likeness (QED) is 0.136. The van der Waals surface area contributed by atoms with Gasteiger partial charge in [-0.2, -0.15) is 0 Å². The molecule has 5 aromatic rings. The van der Waals surface area contributed by atoms with Gasteiger partial charge in [-0.15, -0.1) is 0 Å². The monoisotopic (exact) mass is 650 g/mol. The molecule has 0 N–H and O–H groups in total. The van der Waals surface area contributed by atoms with E-state index in [1.54, 1.807) is 12.1 Å². The van der Waals surface area contributed by atoms with E-state index in [4.69, 9.17) is 0 Å². The van der Waals surface area contributed by atoms with E-state index >= 15 is 0 Å². The second kappa shape index (κ2) is 18.6. The van der Waals surface area contributed by atoms with Gasteiger partial charge in [0.25, 0.3) is 0 Å². The fourth-order valence-corrected chi connectivity index (χ4v) is 5.74. The van der Waals surface area contributed by atoms with Crippen molar-refractivity contribution in [3.8, 4) is 5.75 Å². The largest absolute Gasteiger partial charge is 0.860 e. The summed E-state index contributed by atoms with van der Waals surface area (Å²) >= 11 is 0. The maximum atomic E-state index is 10.1. The standard InChI is InChI=1S/2C19H15.C8H9BO3/c2*1-4-10-16(11-5-1)19(17-12-6-2-7-13-17)18-14-8-3-9-15-18;1-6-3-7(2)5-8(4-6)12-9(10)11/h2*1-15H;3-5H,1-2H3/q2*+1;-2. The van der Waals surface area contributed by atoms with Gasteiger partial charge >= 0.3 is 0 Å². The third-order valence-electron chi connectivity index (χ3n) is 7.80. The number of benzene rings is 5. The topological polar surface area (TPSA) is 55.3 Å². The first kappa shape index (κ1) is 35.4. The highest BCUT2D eigenvalue weighted by Gasteiger charge is 2.18. The fourth-order valence-electron chi connectivity index (χ4n) is 5.74. The van der Waals surface area contributed by atoms with Gasteiger partial charge in [0.1, 0.15) is 18.5 Å². The molecular formula is C46H39BO3. The van der Waals surface area contributed by atoms with Gasteiger partial charge in [-0.05, 0) is 85.6 Å². The van der Waals surface area contributed by atoms with E-state index in [1.165, 1.54) is 44.5 Å². The molecule has 0 amide bonds. The van der Waals surface area contributed by atoms with Crippen LogP contribution >= 0.6 is 0 Å². The van der Waals surface area contributed by atoms with Crippen LogP contribution in [0.25, 0.3) is 11.1 Å². The van der Waals surface area contributed by atoms with E-state index in [0.717, 1.165) is 11.1 Å². The van der Waals surface area contributed by atoms with Crippen LogP contribution < -0.4 is 14.7 Å². The zero-order valence-corrected chi connectivity index (χ0v) is 28.4. The predicted molar refractivity (Wildman–Crippen MR) is 205 cm³/mol. The lowest BCUT2D eigenvalue weighted by molar-refractivity contribution is -0.372. The molecule has 0 saturated carbocycles. The van der Waals surface area contributed by atoms with Gasteiger partial charge in [0, 0.05) is 83.7 Å². The summed E-state index contributed by atoms with van der Waals surface area (Å²) in [5.41, 5.74) is 12.0. The highest BCUT2D eigenvalue weighted by Crippen LogP contribution is 2.31. The smallest absolute Gasteiger partial charge is 0.133 e. The van der Waals surface area contributed by atoms with Crippen molar-refractivity contribution in [2.45, 2.75) is 13.8 Å². The van der Waals surface area contributed by atoms with Crippen molar-refractivity contribution in [3.05, 3.63) is 246 Å². The van der Waals surface area contributed by atoms with E-state index in [1.807, 2.05) is 19.9 Å².